The fourth-order valence-electron chi connectivity index (χ4n) is 2.59. The zero-order chi connectivity index (χ0) is 20.1. The van der Waals surface area contributed by atoms with Gasteiger partial charge in [0.25, 0.3) is 5.89 Å². The van der Waals surface area contributed by atoms with Gasteiger partial charge in [0, 0.05) is 17.5 Å². The zero-order valence-corrected chi connectivity index (χ0v) is 16.3. The minimum atomic E-state index is -0.408. The van der Waals surface area contributed by atoms with Crippen LogP contribution in [0.1, 0.15) is 25.8 Å². The van der Waals surface area contributed by atoms with Crippen LogP contribution in [0.25, 0.3) is 22.8 Å². The molecular formula is C21H19ClN2O4. The monoisotopic (exact) mass is 398 g/mol. The van der Waals surface area contributed by atoms with E-state index in [1.165, 1.54) is 0 Å². The fraction of sp³-hybridized carbons (Fsp3) is 0.238. The average molecular weight is 399 g/mol. The molecule has 0 radical (unpaired) electrons. The lowest BCUT2D eigenvalue weighted by Crippen LogP contribution is -2.05. The van der Waals surface area contributed by atoms with Crippen LogP contribution in [-0.2, 0) is 16.0 Å². The highest BCUT2D eigenvalue weighted by Gasteiger charge is 2.13. The number of hydrogen-bond donors (Lipinski definition) is 0. The highest BCUT2D eigenvalue weighted by molar-refractivity contribution is 6.32. The largest absolute Gasteiger partial charge is 0.489 e. The number of aryl methyl sites for hydroxylation is 1. The lowest BCUT2D eigenvalue weighted by molar-refractivity contribution is -0.129. The Kier molecular flexibility index (Phi) is 6.21. The Balaban J connectivity index is 1.74. The molecule has 0 amide bonds. The van der Waals surface area contributed by atoms with Gasteiger partial charge in [-0.3, -0.25) is 9.59 Å². The summed E-state index contributed by atoms with van der Waals surface area (Å²) in [5, 5.41) is 4.50. The van der Waals surface area contributed by atoms with Crippen LogP contribution in [0.5, 0.6) is 5.75 Å². The summed E-state index contributed by atoms with van der Waals surface area (Å²) in [5.41, 5.74) is 2.43. The Morgan fingerprint density at radius 2 is 1.89 bits per heavy atom. The van der Waals surface area contributed by atoms with Crippen molar-refractivity contribution in [1.29, 1.82) is 0 Å². The third kappa shape index (κ3) is 4.84. The van der Waals surface area contributed by atoms with Gasteiger partial charge in [0.2, 0.25) is 5.82 Å². The van der Waals surface area contributed by atoms with Crippen LogP contribution in [0.3, 0.4) is 0 Å². The van der Waals surface area contributed by atoms with E-state index in [1.807, 2.05) is 44.2 Å². The quantitative estimate of drug-likeness (QED) is 0.409. The number of carbonyl (C=O) groups is 2. The summed E-state index contributed by atoms with van der Waals surface area (Å²) in [4.78, 5) is 25.9. The molecule has 0 fully saturated rings. The van der Waals surface area contributed by atoms with E-state index in [9.17, 15) is 9.59 Å². The molecule has 0 bridgehead atoms. The summed E-state index contributed by atoms with van der Waals surface area (Å²) in [5.74, 6) is 1.000. The molecule has 3 rings (SSSR count). The molecular weight excluding hydrogens is 380 g/mol. The molecule has 0 unspecified atom stereocenters. The van der Waals surface area contributed by atoms with Crippen LogP contribution in [0.15, 0.2) is 47.0 Å². The Labute approximate surface area is 167 Å². The smallest absolute Gasteiger partial charge is 0.258 e. The van der Waals surface area contributed by atoms with Crippen molar-refractivity contribution in [2.75, 3.05) is 0 Å². The van der Waals surface area contributed by atoms with Crippen molar-refractivity contribution in [3.8, 4) is 28.6 Å². The number of ether oxygens (including phenoxy) is 1. The number of rotatable bonds is 8. The second-order valence-corrected chi connectivity index (χ2v) is 6.92. The maximum atomic E-state index is 11.1. The predicted molar refractivity (Wildman–Crippen MR) is 105 cm³/mol. The second kappa shape index (κ2) is 8.80. The van der Waals surface area contributed by atoms with E-state index < -0.39 is 5.78 Å². The van der Waals surface area contributed by atoms with Crippen LogP contribution in [-0.4, -0.2) is 28.3 Å². The van der Waals surface area contributed by atoms with Crippen LogP contribution in [0.4, 0.5) is 0 Å². The number of halogens is 1. The molecule has 0 saturated carbocycles. The molecule has 1 heterocycles. The predicted octanol–water partition coefficient (Wildman–Crippen LogP) is 4.54. The molecule has 28 heavy (non-hydrogen) atoms. The Bertz CT molecular complexity index is 980. The summed E-state index contributed by atoms with van der Waals surface area (Å²) < 4.78 is 11.0. The lowest BCUT2D eigenvalue weighted by atomic mass is 10.1. The van der Waals surface area contributed by atoms with Gasteiger partial charge in [-0.1, -0.05) is 28.9 Å². The van der Waals surface area contributed by atoms with Crippen molar-refractivity contribution < 1.29 is 18.8 Å². The summed E-state index contributed by atoms with van der Waals surface area (Å²) in [6.45, 7) is 3.86. The normalized spacial score (nSPS) is 10.9. The fourth-order valence-corrected chi connectivity index (χ4v) is 2.81. The van der Waals surface area contributed by atoms with Gasteiger partial charge in [0.05, 0.1) is 11.1 Å². The maximum Gasteiger partial charge on any atom is 0.258 e. The molecule has 1 aromatic heterocycles. The molecule has 7 heteroatoms. The SMILES string of the molecule is CC(C)Oc1ccc(-c2noc(-c3ccc(CCC(=O)C=O)cc3)n2)cc1Cl. The van der Waals surface area contributed by atoms with Crippen LogP contribution < -0.4 is 4.74 Å². The van der Waals surface area contributed by atoms with Gasteiger partial charge in [-0.05, 0) is 56.2 Å². The van der Waals surface area contributed by atoms with Crippen LogP contribution in [0.2, 0.25) is 5.02 Å². The Hall–Kier alpha value is -2.99. The van der Waals surface area contributed by atoms with E-state index in [0.29, 0.717) is 35.2 Å². The second-order valence-electron chi connectivity index (χ2n) is 6.52. The number of aldehydes is 1. The van der Waals surface area contributed by atoms with Crippen molar-refractivity contribution in [3.63, 3.8) is 0 Å². The van der Waals surface area contributed by atoms with Crippen molar-refractivity contribution in [2.24, 2.45) is 0 Å². The van der Waals surface area contributed by atoms with Crippen molar-refractivity contribution in [3.05, 3.63) is 53.1 Å². The number of nitrogens with zero attached hydrogens (tertiary/aromatic N) is 2. The molecule has 3 aromatic rings. The molecule has 0 N–H and O–H groups in total. The van der Waals surface area contributed by atoms with Crippen molar-refractivity contribution in [2.45, 2.75) is 32.8 Å². The minimum absolute atomic E-state index is 0.0275. The highest BCUT2D eigenvalue weighted by atomic mass is 35.5. The molecule has 0 saturated heterocycles. The Morgan fingerprint density at radius 1 is 1.18 bits per heavy atom. The van der Waals surface area contributed by atoms with Crippen molar-refractivity contribution in [1.82, 2.24) is 10.1 Å². The maximum absolute atomic E-state index is 11.1. The molecule has 0 aliphatic carbocycles. The molecule has 0 aliphatic rings. The lowest BCUT2D eigenvalue weighted by Gasteiger charge is -2.11. The van der Waals surface area contributed by atoms with Gasteiger partial charge < -0.3 is 9.26 Å². The molecule has 2 aromatic carbocycles. The first kappa shape index (κ1) is 19.8. The third-order valence-corrected chi connectivity index (χ3v) is 4.27. The van der Waals surface area contributed by atoms with Crippen molar-refractivity contribution >= 4 is 23.7 Å². The number of aromatic nitrogens is 2. The van der Waals surface area contributed by atoms with E-state index in [0.717, 1.165) is 16.7 Å². The number of ketones is 1. The van der Waals surface area contributed by atoms with Gasteiger partial charge in [-0.25, -0.2) is 0 Å². The summed E-state index contributed by atoms with van der Waals surface area (Å²) in [6.07, 6.45) is 1.09. The van der Waals surface area contributed by atoms with Crippen LogP contribution in [0, 0.1) is 0 Å². The van der Waals surface area contributed by atoms with E-state index in [4.69, 9.17) is 20.9 Å². The van der Waals surface area contributed by atoms with Gasteiger partial charge >= 0.3 is 0 Å². The highest BCUT2D eigenvalue weighted by Crippen LogP contribution is 2.31. The molecule has 0 spiro atoms. The van der Waals surface area contributed by atoms with Gasteiger partial charge in [-0.15, -0.1) is 0 Å². The zero-order valence-electron chi connectivity index (χ0n) is 15.5. The minimum Gasteiger partial charge on any atom is -0.489 e. The van der Waals surface area contributed by atoms with E-state index in [1.54, 1.807) is 12.1 Å². The van der Waals surface area contributed by atoms with Crippen LogP contribution >= 0.6 is 11.6 Å². The molecule has 144 valence electrons. The third-order valence-electron chi connectivity index (χ3n) is 3.97. The first-order chi connectivity index (χ1) is 13.5. The number of carbonyl (C=O) groups excluding carboxylic acids is 2. The standard InChI is InChI=1S/C21H19ClN2O4/c1-13(2)27-19-10-8-16(11-18(19)22)20-23-21(28-24-20)15-6-3-14(4-7-15)5-9-17(26)12-25/h3-4,6-8,10-13H,5,9H2,1-2H3. The van der Waals surface area contributed by atoms with E-state index >= 15 is 0 Å². The molecule has 0 atom stereocenters. The molecule has 6 nitrogen and oxygen atoms in total. The summed E-state index contributed by atoms with van der Waals surface area (Å²) in [6, 6.07) is 12.8. The summed E-state index contributed by atoms with van der Waals surface area (Å²) >= 11 is 6.27. The van der Waals surface area contributed by atoms with E-state index in [-0.39, 0.29) is 12.5 Å². The van der Waals surface area contributed by atoms with Gasteiger partial charge in [-0.2, -0.15) is 4.98 Å². The number of hydrogen-bond acceptors (Lipinski definition) is 6. The van der Waals surface area contributed by atoms with Gasteiger partial charge in [0.15, 0.2) is 12.1 Å². The molecule has 0 aliphatic heterocycles. The Morgan fingerprint density at radius 3 is 2.54 bits per heavy atom. The summed E-state index contributed by atoms with van der Waals surface area (Å²) in [7, 11) is 0. The number of benzene rings is 2. The number of Topliss-reactive ketones (excluding diaryl/α,β-unsaturated/α-hetero) is 1. The first-order valence-electron chi connectivity index (χ1n) is 8.84. The van der Waals surface area contributed by atoms with Gasteiger partial charge in [0.1, 0.15) is 5.75 Å². The topological polar surface area (TPSA) is 82.3 Å². The van der Waals surface area contributed by atoms with E-state index in [2.05, 4.69) is 10.1 Å². The average Bonchev–Trinajstić information content (AvgIpc) is 3.18. The first-order valence-corrected chi connectivity index (χ1v) is 9.21.